The van der Waals surface area contributed by atoms with E-state index in [1.54, 1.807) is 19.9 Å². The van der Waals surface area contributed by atoms with Crippen LogP contribution in [0.2, 0.25) is 0 Å². The van der Waals surface area contributed by atoms with E-state index in [-0.39, 0.29) is 29.1 Å². The first-order valence-electron chi connectivity index (χ1n) is 10.2. The number of hydrogen-bond donors (Lipinski definition) is 1. The van der Waals surface area contributed by atoms with Crippen LogP contribution in [0.25, 0.3) is 0 Å². The van der Waals surface area contributed by atoms with Gasteiger partial charge in [0.25, 0.3) is 0 Å². The van der Waals surface area contributed by atoms with Gasteiger partial charge in [-0.3, -0.25) is 14.9 Å². The third-order valence-electron chi connectivity index (χ3n) is 5.16. The summed E-state index contributed by atoms with van der Waals surface area (Å²) in [6.45, 7) is 6.35. The van der Waals surface area contributed by atoms with Gasteiger partial charge in [0, 0.05) is 30.3 Å². The van der Waals surface area contributed by atoms with Crippen LogP contribution in [-0.4, -0.2) is 40.5 Å². The van der Waals surface area contributed by atoms with Crippen molar-refractivity contribution in [1.29, 1.82) is 0 Å². The molecule has 1 aliphatic heterocycles. The molecule has 0 spiro atoms. The number of thiocarbonyl (C=S) groups is 1. The number of ether oxygens (including phenoxy) is 2. The fraction of sp³-hybridized carbons (Fsp3) is 0.524. The Labute approximate surface area is 181 Å². The Morgan fingerprint density at radius 3 is 2.70 bits per heavy atom. The Hall–Kier alpha value is -2.68. The number of Topliss-reactive ketones (excluding diaryl/α,β-unsaturated/α-hetero) is 1. The van der Waals surface area contributed by atoms with E-state index in [2.05, 4.69) is 12.2 Å². The maximum atomic E-state index is 12.9. The molecule has 9 heteroatoms. The van der Waals surface area contributed by atoms with Crippen LogP contribution in [0.1, 0.15) is 58.1 Å². The predicted octanol–water partition coefficient (Wildman–Crippen LogP) is 4.04. The number of benzene rings is 1. The zero-order valence-electron chi connectivity index (χ0n) is 17.7. The van der Waals surface area contributed by atoms with E-state index in [0.717, 1.165) is 31.5 Å². The van der Waals surface area contributed by atoms with Crippen LogP contribution in [0, 0.1) is 10.1 Å². The first-order chi connectivity index (χ1) is 14.3. The molecule has 162 valence electrons. The van der Waals surface area contributed by atoms with Crippen molar-refractivity contribution in [2.45, 2.75) is 58.6 Å². The second-order valence-corrected chi connectivity index (χ2v) is 8.05. The van der Waals surface area contributed by atoms with Gasteiger partial charge >= 0.3 is 5.69 Å². The molecule has 0 aromatic heterocycles. The van der Waals surface area contributed by atoms with Crippen molar-refractivity contribution in [3.8, 4) is 11.5 Å². The molecule has 0 fully saturated rings. The number of ketones is 1. The van der Waals surface area contributed by atoms with Gasteiger partial charge in [-0.1, -0.05) is 6.92 Å². The van der Waals surface area contributed by atoms with E-state index in [4.69, 9.17) is 21.7 Å². The molecule has 1 aliphatic carbocycles. The monoisotopic (exact) mass is 433 g/mol. The molecule has 30 heavy (non-hydrogen) atoms. The number of nitrogens with one attached hydrogen (secondary N) is 1. The zero-order chi connectivity index (χ0) is 22.0. The molecule has 2 aliphatic rings. The fourth-order valence-corrected chi connectivity index (χ4v) is 4.30. The summed E-state index contributed by atoms with van der Waals surface area (Å²) in [6, 6.07) is 2.57. The van der Waals surface area contributed by atoms with E-state index in [9.17, 15) is 14.9 Å². The zero-order valence-corrected chi connectivity index (χ0v) is 18.5. The van der Waals surface area contributed by atoms with Crippen molar-refractivity contribution >= 4 is 28.8 Å². The van der Waals surface area contributed by atoms with E-state index in [1.807, 2.05) is 4.90 Å². The third-order valence-corrected chi connectivity index (χ3v) is 5.50. The van der Waals surface area contributed by atoms with Gasteiger partial charge in [-0.05, 0) is 57.0 Å². The molecule has 0 bridgehead atoms. The molecule has 1 N–H and O–H groups in total. The summed E-state index contributed by atoms with van der Waals surface area (Å²) in [7, 11) is 1.44. The molecule has 1 aromatic carbocycles. The average molecular weight is 434 g/mol. The number of carbonyl (C=O) groups excluding carboxylic acids is 1. The molecule has 0 saturated carbocycles. The highest BCUT2D eigenvalue weighted by Crippen LogP contribution is 2.44. The summed E-state index contributed by atoms with van der Waals surface area (Å²) >= 11 is 5.58. The summed E-state index contributed by atoms with van der Waals surface area (Å²) < 4.78 is 11.1. The number of nitro groups is 1. The normalized spacial score (nSPS) is 19.0. The van der Waals surface area contributed by atoms with E-state index in [0.29, 0.717) is 22.7 Å². The standard InChI is InChI=1S/C21H27N3O5S/c1-5-9-23-14-7-6-8-16(25)18(14)19(22-21(23)30)13-10-15(24(26)27)20(29-12(2)3)17(11-13)28-4/h10-12,19H,5-9H2,1-4H3,(H,22,30). The lowest BCUT2D eigenvalue weighted by Gasteiger charge is -2.41. The SMILES string of the molecule is CCCN1C(=S)NC(c2cc(OC)c(OC(C)C)c([N+](=O)[O-])c2)C2=C1CCCC2=O. The van der Waals surface area contributed by atoms with Gasteiger partial charge in [0.1, 0.15) is 0 Å². The van der Waals surface area contributed by atoms with Crippen LogP contribution in [-0.2, 0) is 4.79 Å². The lowest BCUT2D eigenvalue weighted by Crippen LogP contribution is -2.49. The first-order valence-corrected chi connectivity index (χ1v) is 10.6. The maximum Gasteiger partial charge on any atom is 0.315 e. The van der Waals surface area contributed by atoms with Crippen molar-refractivity contribution in [2.75, 3.05) is 13.7 Å². The molecule has 3 rings (SSSR count). The third kappa shape index (κ3) is 4.12. The number of methoxy groups -OCH3 is 1. The van der Waals surface area contributed by atoms with Crippen LogP contribution >= 0.6 is 12.2 Å². The van der Waals surface area contributed by atoms with Gasteiger partial charge in [-0.25, -0.2) is 0 Å². The molecular weight excluding hydrogens is 406 g/mol. The molecule has 0 amide bonds. The number of allylic oxidation sites excluding steroid dienone is 1. The highest BCUT2D eigenvalue weighted by atomic mass is 32.1. The molecule has 1 atom stereocenters. The Kier molecular flexibility index (Phi) is 6.60. The van der Waals surface area contributed by atoms with Crippen LogP contribution in [0.5, 0.6) is 11.5 Å². The summed E-state index contributed by atoms with van der Waals surface area (Å²) in [5.41, 5.74) is 1.91. The van der Waals surface area contributed by atoms with Crippen molar-refractivity contribution in [1.82, 2.24) is 10.2 Å². The van der Waals surface area contributed by atoms with Crippen molar-refractivity contribution in [3.63, 3.8) is 0 Å². The number of nitrogens with zero attached hydrogens (tertiary/aromatic N) is 2. The van der Waals surface area contributed by atoms with Gasteiger partial charge in [-0.2, -0.15) is 0 Å². The molecule has 0 radical (unpaired) electrons. The molecule has 8 nitrogen and oxygen atoms in total. The molecule has 0 saturated heterocycles. The molecule has 1 aromatic rings. The quantitative estimate of drug-likeness (QED) is 0.391. The van der Waals surface area contributed by atoms with Crippen LogP contribution in [0.15, 0.2) is 23.4 Å². The number of carbonyl (C=O) groups is 1. The van der Waals surface area contributed by atoms with Gasteiger partial charge < -0.3 is 19.7 Å². The highest BCUT2D eigenvalue weighted by Gasteiger charge is 2.38. The van der Waals surface area contributed by atoms with Gasteiger partial charge in [0.05, 0.1) is 24.2 Å². The fourth-order valence-electron chi connectivity index (χ4n) is 3.98. The van der Waals surface area contributed by atoms with Crippen LogP contribution in [0.4, 0.5) is 5.69 Å². The Morgan fingerprint density at radius 1 is 1.37 bits per heavy atom. The highest BCUT2D eigenvalue weighted by molar-refractivity contribution is 7.80. The van der Waals surface area contributed by atoms with Crippen LogP contribution in [0.3, 0.4) is 0 Å². The average Bonchev–Trinajstić information content (AvgIpc) is 2.69. The lowest BCUT2D eigenvalue weighted by molar-refractivity contribution is -0.386. The van der Waals surface area contributed by atoms with Crippen molar-refractivity contribution < 1.29 is 19.2 Å². The summed E-state index contributed by atoms with van der Waals surface area (Å²) in [6.07, 6.45) is 2.61. The Bertz CT molecular complexity index is 912. The maximum absolute atomic E-state index is 12.9. The summed E-state index contributed by atoms with van der Waals surface area (Å²) in [5.74, 6) is 0.375. The minimum Gasteiger partial charge on any atom is -0.493 e. The van der Waals surface area contributed by atoms with Gasteiger partial charge in [-0.15, -0.1) is 0 Å². The van der Waals surface area contributed by atoms with Gasteiger partial charge in [0.15, 0.2) is 16.6 Å². The van der Waals surface area contributed by atoms with E-state index < -0.39 is 11.0 Å². The van der Waals surface area contributed by atoms with Crippen molar-refractivity contribution in [3.05, 3.63) is 39.1 Å². The Balaban J connectivity index is 2.17. The summed E-state index contributed by atoms with van der Waals surface area (Å²) in [4.78, 5) is 26.2. The Morgan fingerprint density at radius 2 is 2.10 bits per heavy atom. The number of nitro benzene ring substituents is 1. The van der Waals surface area contributed by atoms with Crippen molar-refractivity contribution in [2.24, 2.45) is 0 Å². The topological polar surface area (TPSA) is 93.9 Å². The minimum atomic E-state index is -0.561. The second kappa shape index (κ2) is 8.99. The number of rotatable bonds is 7. The first kappa shape index (κ1) is 22.0. The predicted molar refractivity (Wildman–Crippen MR) is 117 cm³/mol. The lowest BCUT2D eigenvalue weighted by atomic mass is 9.84. The molecule has 1 heterocycles. The largest absolute Gasteiger partial charge is 0.493 e. The smallest absolute Gasteiger partial charge is 0.315 e. The minimum absolute atomic E-state index is 0.0430. The second-order valence-electron chi connectivity index (χ2n) is 7.67. The summed E-state index contributed by atoms with van der Waals surface area (Å²) in [5, 5.41) is 15.6. The van der Waals surface area contributed by atoms with Crippen LogP contribution < -0.4 is 14.8 Å². The van der Waals surface area contributed by atoms with Gasteiger partial charge in [0.2, 0.25) is 5.75 Å². The van der Waals surface area contributed by atoms with E-state index in [1.165, 1.54) is 13.2 Å². The number of hydrogen-bond acceptors (Lipinski definition) is 6. The molecule has 1 unspecified atom stereocenters. The molecular formula is C21H27N3O5S. The van der Waals surface area contributed by atoms with E-state index >= 15 is 0 Å².